The van der Waals surface area contributed by atoms with E-state index in [9.17, 15) is 0 Å². The number of aromatic nitrogens is 5. The number of H-pyrrole nitrogens is 1. The maximum absolute atomic E-state index is 5.48. The highest BCUT2D eigenvalue weighted by Gasteiger charge is 2.13. The van der Waals surface area contributed by atoms with Gasteiger partial charge in [0.25, 0.3) is 0 Å². The Balaban J connectivity index is 1.38. The highest BCUT2D eigenvalue weighted by atomic mass is 16.5. The minimum absolute atomic E-state index is 0.714. The lowest BCUT2D eigenvalue weighted by atomic mass is 10.1. The molecular formula is C23H21N7O. The summed E-state index contributed by atoms with van der Waals surface area (Å²) in [7, 11) is 0. The van der Waals surface area contributed by atoms with Gasteiger partial charge in [0.15, 0.2) is 11.5 Å². The van der Waals surface area contributed by atoms with Crippen molar-refractivity contribution < 1.29 is 4.74 Å². The molecule has 0 bridgehead atoms. The largest absolute Gasteiger partial charge is 0.378 e. The number of anilines is 3. The van der Waals surface area contributed by atoms with Crippen LogP contribution in [-0.4, -0.2) is 50.9 Å². The number of aromatic amines is 1. The van der Waals surface area contributed by atoms with Gasteiger partial charge in [0.1, 0.15) is 0 Å². The molecule has 1 aliphatic rings. The number of imidazole rings is 1. The van der Waals surface area contributed by atoms with Crippen molar-refractivity contribution >= 4 is 33.7 Å². The van der Waals surface area contributed by atoms with E-state index in [1.54, 1.807) is 6.20 Å². The van der Waals surface area contributed by atoms with Crippen molar-refractivity contribution in [1.29, 1.82) is 0 Å². The lowest BCUT2D eigenvalue weighted by molar-refractivity contribution is 0.122. The molecule has 1 saturated heterocycles. The summed E-state index contributed by atoms with van der Waals surface area (Å²) in [5.74, 6) is 0.714. The maximum atomic E-state index is 5.48. The normalized spacial score (nSPS) is 14.4. The van der Waals surface area contributed by atoms with E-state index in [0.29, 0.717) is 5.82 Å². The molecule has 8 heteroatoms. The van der Waals surface area contributed by atoms with Crippen molar-refractivity contribution in [2.75, 3.05) is 36.5 Å². The third-order valence-corrected chi connectivity index (χ3v) is 5.60. The van der Waals surface area contributed by atoms with Gasteiger partial charge in [0, 0.05) is 54.0 Å². The van der Waals surface area contributed by atoms with Gasteiger partial charge in [-0.15, -0.1) is 0 Å². The van der Waals surface area contributed by atoms with Gasteiger partial charge in [0.2, 0.25) is 0 Å². The van der Waals surface area contributed by atoms with Crippen LogP contribution in [0.4, 0.5) is 17.2 Å². The van der Waals surface area contributed by atoms with Crippen LogP contribution in [0.1, 0.15) is 0 Å². The maximum Gasteiger partial charge on any atom is 0.180 e. The number of rotatable bonds is 4. The van der Waals surface area contributed by atoms with E-state index in [1.165, 1.54) is 5.69 Å². The summed E-state index contributed by atoms with van der Waals surface area (Å²) in [6.07, 6.45) is 7.54. The summed E-state index contributed by atoms with van der Waals surface area (Å²) >= 11 is 0. The van der Waals surface area contributed by atoms with E-state index in [0.717, 1.165) is 59.8 Å². The van der Waals surface area contributed by atoms with E-state index in [-0.39, 0.29) is 0 Å². The van der Waals surface area contributed by atoms with Crippen molar-refractivity contribution in [2.45, 2.75) is 0 Å². The molecule has 5 aromatic rings. The summed E-state index contributed by atoms with van der Waals surface area (Å²) in [6, 6.07) is 14.6. The lowest BCUT2D eigenvalue weighted by Crippen LogP contribution is -2.36. The van der Waals surface area contributed by atoms with E-state index >= 15 is 0 Å². The molecule has 4 heterocycles. The molecule has 3 aromatic heterocycles. The summed E-state index contributed by atoms with van der Waals surface area (Å²) < 4.78 is 7.47. The predicted octanol–water partition coefficient (Wildman–Crippen LogP) is 3.85. The Morgan fingerprint density at radius 3 is 2.94 bits per heavy atom. The van der Waals surface area contributed by atoms with Crippen LogP contribution >= 0.6 is 0 Å². The lowest BCUT2D eigenvalue weighted by Gasteiger charge is -2.29. The molecular weight excluding hydrogens is 390 g/mol. The molecule has 31 heavy (non-hydrogen) atoms. The average molecular weight is 411 g/mol. The summed E-state index contributed by atoms with van der Waals surface area (Å²) in [5.41, 5.74) is 5.78. The Morgan fingerprint density at radius 2 is 2.00 bits per heavy atom. The number of nitrogens with one attached hydrogen (secondary N) is 2. The number of benzene rings is 2. The van der Waals surface area contributed by atoms with Crippen molar-refractivity contribution in [1.82, 2.24) is 24.6 Å². The molecule has 0 unspecified atom stereocenters. The minimum Gasteiger partial charge on any atom is -0.378 e. The Morgan fingerprint density at radius 1 is 1.06 bits per heavy atom. The minimum atomic E-state index is 0.714. The molecule has 0 saturated carbocycles. The Kier molecular flexibility index (Phi) is 4.28. The predicted molar refractivity (Wildman–Crippen MR) is 121 cm³/mol. The van der Waals surface area contributed by atoms with E-state index in [1.807, 2.05) is 35.1 Å². The Hall–Kier alpha value is -3.91. The second-order valence-electron chi connectivity index (χ2n) is 7.58. The second kappa shape index (κ2) is 7.41. The Bertz CT molecular complexity index is 1370. The van der Waals surface area contributed by atoms with Crippen molar-refractivity contribution in [3.05, 3.63) is 67.3 Å². The molecule has 0 atom stereocenters. The van der Waals surface area contributed by atoms with Crippen LogP contribution in [0.2, 0.25) is 0 Å². The average Bonchev–Trinajstić information content (AvgIpc) is 3.49. The van der Waals surface area contributed by atoms with E-state index in [2.05, 4.69) is 55.7 Å². The zero-order valence-electron chi connectivity index (χ0n) is 16.8. The first-order chi connectivity index (χ1) is 15.3. The zero-order valence-corrected chi connectivity index (χ0v) is 16.8. The first-order valence-electron chi connectivity index (χ1n) is 10.3. The van der Waals surface area contributed by atoms with Gasteiger partial charge in [-0.2, -0.15) is 5.10 Å². The summed E-state index contributed by atoms with van der Waals surface area (Å²) in [5, 5.41) is 11.7. The summed E-state index contributed by atoms with van der Waals surface area (Å²) in [6.45, 7) is 3.32. The Labute approximate surface area is 178 Å². The fraction of sp³-hybridized carbons (Fsp3) is 0.174. The van der Waals surface area contributed by atoms with Gasteiger partial charge < -0.3 is 19.4 Å². The van der Waals surface area contributed by atoms with Crippen molar-refractivity contribution in [3.63, 3.8) is 0 Å². The smallest absolute Gasteiger partial charge is 0.180 e. The van der Waals surface area contributed by atoms with Gasteiger partial charge in [-0.3, -0.25) is 5.10 Å². The highest BCUT2D eigenvalue weighted by molar-refractivity contribution is 5.84. The van der Waals surface area contributed by atoms with Gasteiger partial charge in [0.05, 0.1) is 30.6 Å². The molecule has 0 radical (unpaired) electrons. The molecule has 6 rings (SSSR count). The topological polar surface area (TPSA) is 83.4 Å². The van der Waals surface area contributed by atoms with Crippen LogP contribution in [0, 0.1) is 0 Å². The molecule has 154 valence electrons. The third kappa shape index (κ3) is 3.36. The number of nitrogens with zero attached hydrogens (tertiary/aromatic N) is 5. The van der Waals surface area contributed by atoms with Crippen LogP contribution in [0.5, 0.6) is 0 Å². The standard InChI is InChI=1S/C23H21N7O/c1-2-18(13-19(3-1)29-8-10-31-11-9-29)26-22-23-24-6-7-30(23)15-21(27-22)16-4-5-17-14-25-28-20(17)12-16/h1-7,12-15H,8-11H2,(H,25,28)(H,26,27). The molecule has 0 spiro atoms. The van der Waals surface area contributed by atoms with Crippen molar-refractivity contribution in [3.8, 4) is 11.3 Å². The highest BCUT2D eigenvalue weighted by Crippen LogP contribution is 2.28. The van der Waals surface area contributed by atoms with Gasteiger partial charge >= 0.3 is 0 Å². The molecule has 0 aliphatic carbocycles. The van der Waals surface area contributed by atoms with Crippen molar-refractivity contribution in [2.24, 2.45) is 0 Å². The zero-order chi connectivity index (χ0) is 20.6. The molecule has 0 amide bonds. The number of ether oxygens (including phenoxy) is 1. The van der Waals surface area contributed by atoms with Crippen LogP contribution < -0.4 is 10.2 Å². The molecule has 2 N–H and O–H groups in total. The van der Waals surface area contributed by atoms with Crippen LogP contribution in [0.15, 0.2) is 67.3 Å². The molecule has 1 fully saturated rings. The van der Waals surface area contributed by atoms with E-state index in [4.69, 9.17) is 9.72 Å². The van der Waals surface area contributed by atoms with E-state index < -0.39 is 0 Å². The number of fused-ring (bicyclic) bond motifs is 2. The fourth-order valence-electron chi connectivity index (χ4n) is 3.99. The second-order valence-corrected chi connectivity index (χ2v) is 7.58. The SMILES string of the molecule is c1cc(Nc2nc(-c3ccc4cn[nH]c4c3)cn3ccnc23)cc(N2CCOCC2)c1. The first kappa shape index (κ1) is 17.9. The number of hydrogen-bond acceptors (Lipinski definition) is 6. The van der Waals surface area contributed by atoms with Gasteiger partial charge in [-0.05, 0) is 24.3 Å². The first-order valence-corrected chi connectivity index (χ1v) is 10.3. The fourth-order valence-corrected chi connectivity index (χ4v) is 3.99. The van der Waals surface area contributed by atoms with Crippen LogP contribution in [-0.2, 0) is 4.74 Å². The molecule has 8 nitrogen and oxygen atoms in total. The number of hydrogen-bond donors (Lipinski definition) is 2. The van der Waals surface area contributed by atoms with Crippen LogP contribution in [0.3, 0.4) is 0 Å². The molecule has 1 aliphatic heterocycles. The molecule has 2 aromatic carbocycles. The monoisotopic (exact) mass is 411 g/mol. The van der Waals surface area contributed by atoms with Crippen LogP contribution in [0.25, 0.3) is 27.8 Å². The summed E-state index contributed by atoms with van der Waals surface area (Å²) in [4.78, 5) is 11.7. The van der Waals surface area contributed by atoms with Gasteiger partial charge in [-0.1, -0.05) is 18.2 Å². The third-order valence-electron chi connectivity index (χ3n) is 5.60. The number of morpholine rings is 1. The van der Waals surface area contributed by atoms with Gasteiger partial charge in [-0.25, -0.2) is 9.97 Å². The quantitative estimate of drug-likeness (QED) is 0.467.